The Morgan fingerprint density at radius 1 is 1.35 bits per heavy atom. The number of benzene rings is 1. The predicted octanol–water partition coefficient (Wildman–Crippen LogP) is 1.75. The van der Waals surface area contributed by atoms with E-state index < -0.39 is 20.4 Å². The van der Waals surface area contributed by atoms with E-state index in [1.54, 1.807) is 6.07 Å². The van der Waals surface area contributed by atoms with Crippen molar-refractivity contribution in [1.29, 1.82) is 0 Å². The molecule has 0 fully saturated rings. The van der Waals surface area contributed by atoms with Crippen molar-refractivity contribution >= 4 is 15.9 Å². The van der Waals surface area contributed by atoms with E-state index in [2.05, 4.69) is 0 Å². The van der Waals surface area contributed by atoms with Crippen molar-refractivity contribution in [3.63, 3.8) is 0 Å². The molecule has 1 unspecified atom stereocenters. The highest BCUT2D eigenvalue weighted by molar-refractivity contribution is 7.87. The van der Waals surface area contributed by atoms with Crippen molar-refractivity contribution in [1.82, 2.24) is 0 Å². The molecule has 1 aromatic rings. The van der Waals surface area contributed by atoms with Crippen LogP contribution in [0.25, 0.3) is 0 Å². The number of nitro benzene ring substituents is 1. The Morgan fingerprint density at radius 3 is 2.65 bits per heavy atom. The van der Waals surface area contributed by atoms with Gasteiger partial charge in [-0.15, -0.1) is 3.89 Å². The van der Waals surface area contributed by atoms with E-state index in [0.29, 0.717) is 12.0 Å². The summed E-state index contributed by atoms with van der Waals surface area (Å²) in [5.74, 6) is 0. The van der Waals surface area contributed by atoms with Crippen LogP contribution >= 0.6 is 0 Å². The SMILES string of the molecule is O=[N+]([O-])c1ccc2c(c1)CC(S(=O)(=O)F)CC2. The molecule has 0 aliphatic heterocycles. The van der Waals surface area contributed by atoms with Gasteiger partial charge in [0.2, 0.25) is 0 Å². The Labute approximate surface area is 97.6 Å². The second-order valence-electron chi connectivity index (χ2n) is 4.05. The van der Waals surface area contributed by atoms with Crippen LogP contribution in [0, 0.1) is 10.1 Å². The van der Waals surface area contributed by atoms with Gasteiger partial charge in [-0.05, 0) is 30.4 Å². The standard InChI is InChI=1S/C10H10FNO4S/c11-17(15,16)10-4-2-7-1-3-9(12(13)14)5-8(7)6-10/h1,3,5,10H,2,4,6H2. The zero-order valence-corrected chi connectivity index (χ0v) is 9.61. The quantitative estimate of drug-likeness (QED) is 0.460. The summed E-state index contributed by atoms with van der Waals surface area (Å²) in [5.41, 5.74) is 1.31. The molecule has 1 atom stereocenters. The first-order chi connectivity index (χ1) is 7.88. The third kappa shape index (κ3) is 2.44. The maximum absolute atomic E-state index is 12.9. The Kier molecular flexibility index (Phi) is 2.86. The van der Waals surface area contributed by atoms with E-state index in [1.807, 2.05) is 0 Å². The molecule has 1 aliphatic carbocycles. The summed E-state index contributed by atoms with van der Waals surface area (Å²) in [4.78, 5) is 10.0. The molecule has 2 rings (SSSR count). The highest BCUT2D eigenvalue weighted by atomic mass is 32.3. The van der Waals surface area contributed by atoms with Crippen LogP contribution < -0.4 is 0 Å². The van der Waals surface area contributed by atoms with Gasteiger partial charge in [0.05, 0.1) is 10.2 Å². The third-order valence-electron chi connectivity index (χ3n) is 2.98. The molecule has 0 aromatic heterocycles. The highest BCUT2D eigenvalue weighted by Crippen LogP contribution is 2.28. The maximum atomic E-state index is 12.9. The monoisotopic (exact) mass is 259 g/mol. The van der Waals surface area contributed by atoms with Crippen molar-refractivity contribution in [3.8, 4) is 0 Å². The lowest BCUT2D eigenvalue weighted by Gasteiger charge is -2.21. The van der Waals surface area contributed by atoms with Gasteiger partial charge < -0.3 is 0 Å². The molecule has 17 heavy (non-hydrogen) atoms. The van der Waals surface area contributed by atoms with Crippen LogP contribution in [-0.2, 0) is 23.1 Å². The zero-order chi connectivity index (χ0) is 12.6. The molecule has 1 aromatic carbocycles. The highest BCUT2D eigenvalue weighted by Gasteiger charge is 2.30. The number of fused-ring (bicyclic) bond motifs is 1. The number of hydrogen-bond acceptors (Lipinski definition) is 4. The van der Waals surface area contributed by atoms with Crippen molar-refractivity contribution in [2.45, 2.75) is 24.5 Å². The minimum Gasteiger partial charge on any atom is -0.258 e. The normalized spacial score (nSPS) is 19.7. The number of non-ortho nitro benzene ring substituents is 1. The molecule has 0 bridgehead atoms. The van der Waals surface area contributed by atoms with Gasteiger partial charge >= 0.3 is 10.2 Å². The Bertz CT molecular complexity index is 570. The number of nitrogens with zero attached hydrogens (tertiary/aromatic N) is 1. The van der Waals surface area contributed by atoms with E-state index in [0.717, 1.165) is 5.56 Å². The van der Waals surface area contributed by atoms with Crippen molar-refractivity contribution in [3.05, 3.63) is 39.4 Å². The molecule has 7 heteroatoms. The lowest BCUT2D eigenvalue weighted by Crippen LogP contribution is -2.25. The van der Waals surface area contributed by atoms with E-state index in [4.69, 9.17) is 0 Å². The van der Waals surface area contributed by atoms with Gasteiger partial charge in [0.1, 0.15) is 0 Å². The first kappa shape index (κ1) is 12.0. The number of aryl methyl sites for hydroxylation is 1. The average Bonchev–Trinajstić information content (AvgIpc) is 2.26. The number of nitro groups is 1. The number of halogens is 1. The lowest BCUT2D eigenvalue weighted by atomic mass is 9.91. The summed E-state index contributed by atoms with van der Waals surface area (Å²) < 4.78 is 34.5. The second kappa shape index (κ2) is 4.06. The Balaban J connectivity index is 2.36. The van der Waals surface area contributed by atoms with Gasteiger partial charge in [0.25, 0.3) is 5.69 Å². The number of rotatable bonds is 2. The van der Waals surface area contributed by atoms with Crippen molar-refractivity contribution < 1.29 is 17.2 Å². The van der Waals surface area contributed by atoms with Gasteiger partial charge in [0, 0.05) is 12.1 Å². The fraction of sp³-hybridized carbons (Fsp3) is 0.400. The van der Waals surface area contributed by atoms with E-state index >= 15 is 0 Å². The molecular weight excluding hydrogens is 249 g/mol. The molecule has 5 nitrogen and oxygen atoms in total. The van der Waals surface area contributed by atoms with Crippen LogP contribution in [0.5, 0.6) is 0 Å². The number of hydrogen-bond donors (Lipinski definition) is 0. The first-order valence-electron chi connectivity index (χ1n) is 5.07. The van der Waals surface area contributed by atoms with Crippen LogP contribution in [0.4, 0.5) is 9.57 Å². The Hall–Kier alpha value is -1.50. The van der Waals surface area contributed by atoms with Crippen LogP contribution in [0.15, 0.2) is 18.2 Å². The molecule has 0 spiro atoms. The maximum Gasteiger partial charge on any atom is 0.305 e. The predicted molar refractivity (Wildman–Crippen MR) is 58.9 cm³/mol. The summed E-state index contributed by atoms with van der Waals surface area (Å²) in [6.45, 7) is 0. The van der Waals surface area contributed by atoms with Crippen molar-refractivity contribution in [2.75, 3.05) is 0 Å². The summed E-state index contributed by atoms with van der Waals surface area (Å²) in [6.07, 6.45) is 0.667. The summed E-state index contributed by atoms with van der Waals surface area (Å²) in [6, 6.07) is 4.31. The smallest absolute Gasteiger partial charge is 0.258 e. The fourth-order valence-electron chi connectivity index (χ4n) is 2.06. The fourth-order valence-corrected chi connectivity index (χ4v) is 2.84. The van der Waals surface area contributed by atoms with Crippen molar-refractivity contribution in [2.24, 2.45) is 0 Å². The van der Waals surface area contributed by atoms with Gasteiger partial charge in [-0.2, -0.15) is 8.42 Å². The van der Waals surface area contributed by atoms with Crippen LogP contribution in [-0.4, -0.2) is 18.6 Å². The lowest BCUT2D eigenvalue weighted by molar-refractivity contribution is -0.384. The Morgan fingerprint density at radius 2 is 2.06 bits per heavy atom. The topological polar surface area (TPSA) is 77.3 Å². The molecule has 0 amide bonds. The minimum atomic E-state index is -4.57. The molecule has 0 heterocycles. The molecular formula is C10H10FNO4S. The third-order valence-corrected chi connectivity index (χ3v) is 4.18. The molecule has 1 aliphatic rings. The molecule has 0 saturated heterocycles. The summed E-state index contributed by atoms with van der Waals surface area (Å²) in [7, 11) is -4.57. The molecule has 0 saturated carbocycles. The van der Waals surface area contributed by atoms with Crippen LogP contribution in [0.1, 0.15) is 17.5 Å². The molecule has 92 valence electrons. The van der Waals surface area contributed by atoms with Crippen LogP contribution in [0.3, 0.4) is 0 Å². The zero-order valence-electron chi connectivity index (χ0n) is 8.80. The van der Waals surface area contributed by atoms with Crippen LogP contribution in [0.2, 0.25) is 0 Å². The average molecular weight is 259 g/mol. The molecule has 0 radical (unpaired) electrons. The summed E-state index contributed by atoms with van der Waals surface area (Å²) >= 11 is 0. The van der Waals surface area contributed by atoms with Gasteiger partial charge in [-0.25, -0.2) is 0 Å². The molecule has 0 N–H and O–H groups in total. The first-order valence-corrected chi connectivity index (χ1v) is 6.52. The second-order valence-corrected chi connectivity index (χ2v) is 5.67. The van der Waals surface area contributed by atoms with Gasteiger partial charge in [-0.3, -0.25) is 10.1 Å². The van der Waals surface area contributed by atoms with Gasteiger partial charge in [-0.1, -0.05) is 6.07 Å². The largest absolute Gasteiger partial charge is 0.305 e. The van der Waals surface area contributed by atoms with E-state index in [1.165, 1.54) is 12.1 Å². The minimum absolute atomic E-state index is 0.00977. The van der Waals surface area contributed by atoms with E-state index in [-0.39, 0.29) is 18.5 Å². The van der Waals surface area contributed by atoms with E-state index in [9.17, 15) is 22.4 Å². The van der Waals surface area contributed by atoms with Gasteiger partial charge in [0.15, 0.2) is 0 Å². The summed E-state index contributed by atoms with van der Waals surface area (Å²) in [5, 5.41) is 9.51.